The van der Waals surface area contributed by atoms with Gasteiger partial charge in [0, 0.05) is 50.7 Å². The quantitative estimate of drug-likeness (QED) is 0.455. The fraction of sp³-hybridized carbons (Fsp3) is 0.259. The van der Waals surface area contributed by atoms with E-state index in [1.54, 1.807) is 18.2 Å². The van der Waals surface area contributed by atoms with Gasteiger partial charge in [0.1, 0.15) is 12.4 Å². The topological polar surface area (TPSA) is 56.2 Å². The second-order valence-electron chi connectivity index (χ2n) is 8.50. The van der Waals surface area contributed by atoms with E-state index in [9.17, 15) is 10.2 Å². The van der Waals surface area contributed by atoms with Crippen molar-refractivity contribution in [2.24, 2.45) is 0 Å². The second-order valence-corrected chi connectivity index (χ2v) is 8.50. The van der Waals surface area contributed by atoms with Crippen LogP contribution in [0.1, 0.15) is 13.8 Å². The number of hydrogen-bond donors (Lipinski definition) is 2. The third-order valence-corrected chi connectivity index (χ3v) is 5.26. The molecular weight excluding hydrogens is 400 g/mol. The zero-order chi connectivity index (χ0) is 23.4. The minimum absolute atomic E-state index is 0.114. The zero-order valence-electron chi connectivity index (χ0n) is 19.7. The number of anilines is 2. The Balaban J connectivity index is 2.10. The van der Waals surface area contributed by atoms with Crippen molar-refractivity contribution in [2.75, 3.05) is 44.6 Å². The van der Waals surface area contributed by atoms with Crippen LogP contribution in [-0.2, 0) is 0 Å². The predicted octanol–water partition coefficient (Wildman–Crippen LogP) is 5.91. The van der Waals surface area contributed by atoms with Gasteiger partial charge in [0.25, 0.3) is 0 Å². The van der Waals surface area contributed by atoms with Gasteiger partial charge in [-0.25, -0.2) is 0 Å². The Bertz CT molecular complexity index is 1110. The average Bonchev–Trinajstić information content (AvgIpc) is 2.74. The molecule has 0 aliphatic rings. The maximum absolute atomic E-state index is 10.6. The molecule has 32 heavy (non-hydrogen) atoms. The molecule has 0 heterocycles. The zero-order valence-corrected chi connectivity index (χ0v) is 19.7. The summed E-state index contributed by atoms with van der Waals surface area (Å²) in [4.78, 5) is 4.14. The number of rotatable bonds is 7. The Labute approximate surface area is 190 Å². The molecule has 0 radical (unpaired) electrons. The van der Waals surface area contributed by atoms with Crippen LogP contribution in [0, 0.1) is 0 Å². The van der Waals surface area contributed by atoms with Crippen LogP contribution >= 0.6 is 0 Å². The summed E-state index contributed by atoms with van der Waals surface area (Å²) in [5.41, 5.74) is 7.23. The van der Waals surface area contributed by atoms with E-state index in [1.165, 1.54) is 5.57 Å². The first-order valence-electron chi connectivity index (χ1n) is 10.6. The fourth-order valence-electron chi connectivity index (χ4n) is 3.53. The standard InChI is InChI=1S/C27H32N2O3/c1-18(2)13-14-32-27-12-9-20(15-26(27)31)23-17-24(28(3)4)22(16-25(23)29(5)6)19-7-10-21(30)11-8-19/h7-13,15-17,30-31H,14H2,1-6H3. The highest BCUT2D eigenvalue weighted by atomic mass is 16.5. The summed E-state index contributed by atoms with van der Waals surface area (Å²) in [6.45, 7) is 4.45. The Morgan fingerprint density at radius 1 is 0.781 bits per heavy atom. The van der Waals surface area contributed by atoms with E-state index in [1.807, 2.05) is 72.4 Å². The largest absolute Gasteiger partial charge is 0.508 e. The molecule has 0 spiro atoms. The SMILES string of the molecule is CC(C)=CCOc1ccc(-c2cc(N(C)C)c(-c3ccc(O)cc3)cc2N(C)C)cc1O. The van der Waals surface area contributed by atoms with Gasteiger partial charge in [-0.3, -0.25) is 0 Å². The lowest BCUT2D eigenvalue weighted by Crippen LogP contribution is -2.14. The first-order chi connectivity index (χ1) is 15.2. The van der Waals surface area contributed by atoms with Crippen LogP contribution in [0.2, 0.25) is 0 Å². The molecule has 0 aliphatic heterocycles. The monoisotopic (exact) mass is 432 g/mol. The van der Waals surface area contributed by atoms with E-state index in [0.717, 1.165) is 33.6 Å². The molecule has 3 rings (SSSR count). The van der Waals surface area contributed by atoms with Crippen molar-refractivity contribution < 1.29 is 14.9 Å². The van der Waals surface area contributed by atoms with Crippen molar-refractivity contribution >= 4 is 11.4 Å². The fourth-order valence-corrected chi connectivity index (χ4v) is 3.53. The molecule has 0 aromatic heterocycles. The minimum atomic E-state index is 0.114. The van der Waals surface area contributed by atoms with Gasteiger partial charge in [0.05, 0.1) is 0 Å². The van der Waals surface area contributed by atoms with Gasteiger partial charge in [-0.05, 0) is 67.4 Å². The van der Waals surface area contributed by atoms with Gasteiger partial charge in [0.2, 0.25) is 0 Å². The van der Waals surface area contributed by atoms with E-state index < -0.39 is 0 Å². The number of benzene rings is 3. The van der Waals surface area contributed by atoms with Gasteiger partial charge < -0.3 is 24.7 Å². The Morgan fingerprint density at radius 2 is 1.31 bits per heavy atom. The normalized spacial score (nSPS) is 10.6. The number of ether oxygens (including phenoxy) is 1. The lowest BCUT2D eigenvalue weighted by molar-refractivity contribution is 0.335. The Hall–Kier alpha value is -3.60. The van der Waals surface area contributed by atoms with E-state index in [-0.39, 0.29) is 11.5 Å². The van der Waals surface area contributed by atoms with Crippen molar-refractivity contribution in [3.05, 3.63) is 66.2 Å². The highest BCUT2D eigenvalue weighted by Crippen LogP contribution is 2.42. The number of phenolic OH excluding ortho intramolecular Hbond substituents is 2. The highest BCUT2D eigenvalue weighted by molar-refractivity contribution is 5.91. The van der Waals surface area contributed by atoms with Gasteiger partial charge in [0.15, 0.2) is 11.5 Å². The van der Waals surface area contributed by atoms with Crippen LogP contribution < -0.4 is 14.5 Å². The molecule has 0 bridgehead atoms. The molecule has 3 aromatic carbocycles. The lowest BCUT2D eigenvalue weighted by atomic mass is 9.95. The van der Waals surface area contributed by atoms with Gasteiger partial charge in [-0.2, -0.15) is 0 Å². The second kappa shape index (κ2) is 9.69. The average molecular weight is 433 g/mol. The summed E-state index contributed by atoms with van der Waals surface area (Å²) >= 11 is 0. The molecule has 0 saturated carbocycles. The molecule has 5 heteroatoms. The van der Waals surface area contributed by atoms with Gasteiger partial charge in [-0.1, -0.05) is 23.8 Å². The van der Waals surface area contributed by atoms with Crippen LogP contribution in [-0.4, -0.2) is 45.0 Å². The summed E-state index contributed by atoms with van der Waals surface area (Å²) in [7, 11) is 8.03. The Kier molecular flexibility index (Phi) is 6.98. The van der Waals surface area contributed by atoms with Crippen molar-refractivity contribution in [2.45, 2.75) is 13.8 Å². The molecule has 0 saturated heterocycles. The third kappa shape index (κ3) is 5.17. The van der Waals surface area contributed by atoms with Crippen molar-refractivity contribution in [1.82, 2.24) is 0 Å². The first-order valence-corrected chi connectivity index (χ1v) is 10.6. The highest BCUT2D eigenvalue weighted by Gasteiger charge is 2.17. The molecule has 3 aromatic rings. The summed E-state index contributed by atoms with van der Waals surface area (Å²) in [5, 5.41) is 20.3. The number of aromatic hydroxyl groups is 2. The summed E-state index contributed by atoms with van der Waals surface area (Å²) in [5.74, 6) is 0.821. The van der Waals surface area contributed by atoms with E-state index in [2.05, 4.69) is 21.9 Å². The molecule has 2 N–H and O–H groups in total. The third-order valence-electron chi connectivity index (χ3n) is 5.26. The number of hydrogen-bond acceptors (Lipinski definition) is 5. The van der Waals surface area contributed by atoms with Crippen LogP contribution in [0.5, 0.6) is 17.2 Å². The molecule has 0 amide bonds. The number of nitrogens with zero attached hydrogens (tertiary/aromatic N) is 2. The molecule has 168 valence electrons. The van der Waals surface area contributed by atoms with Crippen molar-refractivity contribution in [1.29, 1.82) is 0 Å². The maximum atomic E-state index is 10.6. The molecular formula is C27H32N2O3. The number of phenols is 2. The van der Waals surface area contributed by atoms with Crippen LogP contribution in [0.4, 0.5) is 11.4 Å². The predicted molar refractivity (Wildman–Crippen MR) is 134 cm³/mol. The Morgan fingerprint density at radius 3 is 1.81 bits per heavy atom. The van der Waals surface area contributed by atoms with Crippen molar-refractivity contribution in [3.8, 4) is 39.5 Å². The van der Waals surface area contributed by atoms with E-state index >= 15 is 0 Å². The lowest BCUT2D eigenvalue weighted by Gasteiger charge is -2.25. The van der Waals surface area contributed by atoms with E-state index in [0.29, 0.717) is 12.4 Å². The molecule has 0 atom stereocenters. The minimum Gasteiger partial charge on any atom is -0.508 e. The van der Waals surface area contributed by atoms with Crippen LogP contribution in [0.3, 0.4) is 0 Å². The van der Waals surface area contributed by atoms with Gasteiger partial charge in [-0.15, -0.1) is 0 Å². The van der Waals surface area contributed by atoms with Gasteiger partial charge >= 0.3 is 0 Å². The van der Waals surface area contributed by atoms with Crippen LogP contribution in [0.15, 0.2) is 66.2 Å². The molecule has 0 fully saturated rings. The molecule has 0 aliphatic carbocycles. The summed E-state index contributed by atoms with van der Waals surface area (Å²) in [6.07, 6.45) is 1.98. The van der Waals surface area contributed by atoms with Crippen LogP contribution in [0.25, 0.3) is 22.3 Å². The molecule has 0 unspecified atom stereocenters. The van der Waals surface area contributed by atoms with E-state index in [4.69, 9.17) is 4.74 Å². The number of allylic oxidation sites excluding steroid dienone is 1. The summed E-state index contributed by atoms with van der Waals surface area (Å²) in [6, 6.07) is 17.0. The summed E-state index contributed by atoms with van der Waals surface area (Å²) < 4.78 is 5.70. The van der Waals surface area contributed by atoms with Crippen molar-refractivity contribution in [3.63, 3.8) is 0 Å². The maximum Gasteiger partial charge on any atom is 0.161 e. The smallest absolute Gasteiger partial charge is 0.161 e. The molecule has 5 nitrogen and oxygen atoms in total. The first kappa shape index (κ1) is 23.1.